The molecular weight excluding hydrogens is 238 g/mol. The maximum Gasteiger partial charge on any atom is 0.303 e. The quantitative estimate of drug-likeness (QED) is 0.777. The van der Waals surface area contributed by atoms with Crippen LogP contribution >= 0.6 is 0 Å². The number of aromatic nitrogens is 2. The van der Waals surface area contributed by atoms with Gasteiger partial charge in [0.25, 0.3) is 0 Å². The number of hydrogen-bond donors (Lipinski definition) is 2. The zero-order chi connectivity index (χ0) is 13.0. The van der Waals surface area contributed by atoms with E-state index in [-0.39, 0.29) is 18.7 Å². The average Bonchev–Trinajstić information content (AvgIpc) is 2.76. The number of carbonyl (C=O) groups is 2. The monoisotopic (exact) mass is 253 g/mol. The maximum absolute atomic E-state index is 11.7. The van der Waals surface area contributed by atoms with Crippen LogP contribution in [0.5, 0.6) is 0 Å². The fourth-order valence-electron chi connectivity index (χ4n) is 2.05. The number of nitrogens with one attached hydrogen (secondary N) is 1. The van der Waals surface area contributed by atoms with Gasteiger partial charge in [0.05, 0.1) is 0 Å². The summed E-state index contributed by atoms with van der Waals surface area (Å²) in [5, 5.41) is 15.2. The maximum atomic E-state index is 11.7. The summed E-state index contributed by atoms with van der Waals surface area (Å²) in [5.74, 6) is -0.555. The first kappa shape index (κ1) is 12.5. The van der Waals surface area contributed by atoms with E-state index in [0.29, 0.717) is 12.2 Å². The summed E-state index contributed by atoms with van der Waals surface area (Å²) in [6.07, 6.45) is 4.36. The predicted octanol–water partition coefficient (Wildman–Crippen LogP) is 0.820. The Hall–Kier alpha value is -1.92. The van der Waals surface area contributed by atoms with Crippen molar-refractivity contribution < 1.29 is 19.2 Å². The van der Waals surface area contributed by atoms with Crippen LogP contribution in [-0.2, 0) is 15.1 Å². The largest absolute Gasteiger partial charge is 0.481 e. The molecule has 2 N–H and O–H groups in total. The van der Waals surface area contributed by atoms with E-state index in [1.165, 1.54) is 6.39 Å². The molecule has 1 aromatic heterocycles. The molecule has 7 nitrogen and oxygen atoms in total. The van der Waals surface area contributed by atoms with E-state index in [9.17, 15) is 9.59 Å². The molecule has 1 heterocycles. The van der Waals surface area contributed by atoms with Gasteiger partial charge in [-0.25, -0.2) is 0 Å². The summed E-state index contributed by atoms with van der Waals surface area (Å²) < 4.78 is 4.70. The SMILES string of the molecule is O=C(O)CCCC(=O)NC1(c2ncon2)CCC1. The molecule has 1 fully saturated rings. The number of carbonyl (C=O) groups excluding carboxylic acids is 1. The highest BCUT2D eigenvalue weighted by molar-refractivity contribution is 5.77. The van der Waals surface area contributed by atoms with Crippen LogP contribution in [0.3, 0.4) is 0 Å². The van der Waals surface area contributed by atoms with E-state index in [4.69, 9.17) is 9.63 Å². The zero-order valence-electron chi connectivity index (χ0n) is 9.89. The molecule has 1 amide bonds. The molecule has 7 heteroatoms. The van der Waals surface area contributed by atoms with E-state index in [0.717, 1.165) is 19.3 Å². The Morgan fingerprint density at radius 2 is 2.22 bits per heavy atom. The van der Waals surface area contributed by atoms with Crippen LogP contribution in [-0.4, -0.2) is 27.1 Å². The number of hydrogen-bond acceptors (Lipinski definition) is 5. The van der Waals surface area contributed by atoms with Gasteiger partial charge in [0, 0.05) is 12.8 Å². The lowest BCUT2D eigenvalue weighted by Gasteiger charge is -2.39. The van der Waals surface area contributed by atoms with Gasteiger partial charge >= 0.3 is 5.97 Å². The van der Waals surface area contributed by atoms with Crippen molar-refractivity contribution in [3.8, 4) is 0 Å². The minimum Gasteiger partial charge on any atom is -0.481 e. The minimum atomic E-state index is -0.890. The van der Waals surface area contributed by atoms with Crippen molar-refractivity contribution in [3.05, 3.63) is 12.2 Å². The van der Waals surface area contributed by atoms with Gasteiger partial charge in [-0.05, 0) is 25.7 Å². The number of aliphatic carboxylic acids is 1. The lowest BCUT2D eigenvalue weighted by Crippen LogP contribution is -2.51. The first-order chi connectivity index (χ1) is 8.62. The van der Waals surface area contributed by atoms with Gasteiger partial charge in [-0.3, -0.25) is 9.59 Å². The second-order valence-corrected chi connectivity index (χ2v) is 4.49. The molecule has 0 spiro atoms. The second-order valence-electron chi connectivity index (χ2n) is 4.49. The van der Waals surface area contributed by atoms with Crippen LogP contribution in [0.4, 0.5) is 0 Å². The Kier molecular flexibility index (Phi) is 3.59. The van der Waals surface area contributed by atoms with E-state index in [1.807, 2.05) is 0 Å². The van der Waals surface area contributed by atoms with E-state index < -0.39 is 11.5 Å². The average molecular weight is 253 g/mol. The van der Waals surface area contributed by atoms with Crippen LogP contribution in [0.1, 0.15) is 44.3 Å². The zero-order valence-corrected chi connectivity index (χ0v) is 9.89. The van der Waals surface area contributed by atoms with Gasteiger partial charge < -0.3 is 14.9 Å². The van der Waals surface area contributed by atoms with Crippen molar-refractivity contribution >= 4 is 11.9 Å². The number of rotatable bonds is 6. The van der Waals surface area contributed by atoms with Crippen LogP contribution < -0.4 is 5.32 Å². The van der Waals surface area contributed by atoms with Gasteiger partial charge in [-0.15, -0.1) is 0 Å². The smallest absolute Gasteiger partial charge is 0.303 e. The highest BCUT2D eigenvalue weighted by Gasteiger charge is 2.43. The third-order valence-electron chi connectivity index (χ3n) is 3.17. The first-order valence-electron chi connectivity index (χ1n) is 5.92. The molecule has 0 radical (unpaired) electrons. The highest BCUT2D eigenvalue weighted by Crippen LogP contribution is 2.39. The molecule has 0 atom stereocenters. The first-order valence-corrected chi connectivity index (χ1v) is 5.92. The van der Waals surface area contributed by atoms with Gasteiger partial charge in [0.1, 0.15) is 5.54 Å². The molecule has 18 heavy (non-hydrogen) atoms. The molecule has 1 saturated carbocycles. The normalized spacial score (nSPS) is 16.9. The van der Waals surface area contributed by atoms with E-state index in [2.05, 4.69) is 15.5 Å². The summed E-state index contributed by atoms with van der Waals surface area (Å²) in [6, 6.07) is 0. The second kappa shape index (κ2) is 5.16. The molecule has 0 unspecified atom stereocenters. The van der Waals surface area contributed by atoms with Crippen LogP contribution in [0.2, 0.25) is 0 Å². The Labute approximate surface area is 104 Å². The third-order valence-corrected chi connectivity index (χ3v) is 3.17. The minimum absolute atomic E-state index is 0.00261. The molecule has 98 valence electrons. The molecular formula is C11H15N3O4. The van der Waals surface area contributed by atoms with Crippen molar-refractivity contribution in [1.29, 1.82) is 0 Å². The Morgan fingerprint density at radius 1 is 1.44 bits per heavy atom. The Bertz CT molecular complexity index is 426. The molecule has 0 aromatic carbocycles. The third kappa shape index (κ3) is 2.66. The molecule has 1 aliphatic rings. The van der Waals surface area contributed by atoms with Crippen LogP contribution in [0, 0.1) is 0 Å². The predicted molar refractivity (Wildman–Crippen MR) is 59.5 cm³/mol. The van der Waals surface area contributed by atoms with Crippen molar-refractivity contribution in [2.24, 2.45) is 0 Å². The number of carboxylic acid groups (broad SMARTS) is 1. The van der Waals surface area contributed by atoms with E-state index in [1.54, 1.807) is 0 Å². The molecule has 1 aliphatic carbocycles. The molecule has 2 rings (SSSR count). The molecule has 0 aliphatic heterocycles. The number of carboxylic acids is 1. The topological polar surface area (TPSA) is 105 Å². The van der Waals surface area contributed by atoms with Crippen LogP contribution in [0.15, 0.2) is 10.9 Å². The van der Waals surface area contributed by atoms with Crippen molar-refractivity contribution in [2.45, 2.75) is 44.1 Å². The summed E-state index contributed by atoms with van der Waals surface area (Å²) in [5.41, 5.74) is -0.507. The summed E-state index contributed by atoms with van der Waals surface area (Å²) in [6.45, 7) is 0. The van der Waals surface area contributed by atoms with Gasteiger partial charge in [-0.2, -0.15) is 4.98 Å². The molecule has 0 saturated heterocycles. The van der Waals surface area contributed by atoms with Crippen molar-refractivity contribution in [1.82, 2.24) is 15.5 Å². The number of nitrogens with zero attached hydrogens (tertiary/aromatic N) is 2. The molecule has 0 bridgehead atoms. The lowest BCUT2D eigenvalue weighted by molar-refractivity contribution is -0.137. The highest BCUT2D eigenvalue weighted by atomic mass is 16.5. The van der Waals surface area contributed by atoms with Gasteiger partial charge in [0.2, 0.25) is 12.3 Å². The summed E-state index contributed by atoms with van der Waals surface area (Å²) >= 11 is 0. The van der Waals surface area contributed by atoms with E-state index >= 15 is 0 Å². The summed E-state index contributed by atoms with van der Waals surface area (Å²) in [4.78, 5) is 26.1. The van der Waals surface area contributed by atoms with Gasteiger partial charge in [0.15, 0.2) is 5.82 Å². The Balaban J connectivity index is 1.87. The Morgan fingerprint density at radius 3 is 2.72 bits per heavy atom. The fraction of sp³-hybridized carbons (Fsp3) is 0.636. The number of amides is 1. The fourth-order valence-corrected chi connectivity index (χ4v) is 2.05. The summed E-state index contributed by atoms with van der Waals surface area (Å²) in [7, 11) is 0. The van der Waals surface area contributed by atoms with Crippen molar-refractivity contribution in [2.75, 3.05) is 0 Å². The molecule has 1 aromatic rings. The van der Waals surface area contributed by atoms with Crippen molar-refractivity contribution in [3.63, 3.8) is 0 Å². The lowest BCUT2D eigenvalue weighted by atomic mass is 9.76. The van der Waals surface area contributed by atoms with Gasteiger partial charge in [-0.1, -0.05) is 5.16 Å². The standard InChI is InChI=1S/C11H15N3O4/c15-8(3-1-4-9(16)17)13-11(5-2-6-11)10-12-7-18-14-10/h7H,1-6H2,(H,13,15)(H,16,17). The van der Waals surface area contributed by atoms with Crippen LogP contribution in [0.25, 0.3) is 0 Å².